The van der Waals surface area contributed by atoms with Crippen LogP contribution in [-0.4, -0.2) is 34.2 Å². The van der Waals surface area contributed by atoms with Crippen LogP contribution in [0, 0.1) is 6.92 Å². The SMILES string of the molecule is C/C(=C1/SC(N2CCC3(CC2)OCc2ccccc23)=NC1=O)c1cc(C)on1. The lowest BCUT2D eigenvalue weighted by Crippen LogP contribution is -2.44. The largest absolute Gasteiger partial charge is 0.365 e. The summed E-state index contributed by atoms with van der Waals surface area (Å²) in [4.78, 5) is 19.6. The number of nitrogens with zero attached hydrogens (tertiary/aromatic N) is 3. The summed E-state index contributed by atoms with van der Waals surface area (Å²) in [5.41, 5.74) is 3.94. The third-order valence-electron chi connectivity index (χ3n) is 5.79. The number of hydrogen-bond acceptors (Lipinski definition) is 6. The number of allylic oxidation sites excluding steroid dienone is 1. The van der Waals surface area contributed by atoms with Crippen molar-refractivity contribution in [3.63, 3.8) is 0 Å². The Morgan fingerprint density at radius 2 is 2.04 bits per heavy atom. The summed E-state index contributed by atoms with van der Waals surface area (Å²) < 4.78 is 11.4. The molecule has 144 valence electrons. The summed E-state index contributed by atoms with van der Waals surface area (Å²) >= 11 is 1.44. The van der Waals surface area contributed by atoms with Gasteiger partial charge in [-0.3, -0.25) is 4.79 Å². The summed E-state index contributed by atoms with van der Waals surface area (Å²) in [5, 5.41) is 4.80. The van der Waals surface area contributed by atoms with Gasteiger partial charge in [0.2, 0.25) is 0 Å². The fraction of sp³-hybridized carbons (Fsp3) is 0.381. The number of fused-ring (bicyclic) bond motifs is 2. The number of likely N-dealkylation sites (tertiary alicyclic amines) is 1. The molecule has 0 saturated carbocycles. The van der Waals surface area contributed by atoms with Crippen LogP contribution in [0.1, 0.15) is 42.3 Å². The van der Waals surface area contributed by atoms with Gasteiger partial charge in [0.25, 0.3) is 5.91 Å². The molecule has 1 aromatic carbocycles. The number of carbonyl (C=O) groups excluding carboxylic acids is 1. The van der Waals surface area contributed by atoms with Crippen molar-refractivity contribution in [2.45, 2.75) is 38.9 Å². The average molecular weight is 395 g/mol. The van der Waals surface area contributed by atoms with Crippen molar-refractivity contribution in [2.24, 2.45) is 4.99 Å². The number of aromatic nitrogens is 1. The highest BCUT2D eigenvalue weighted by Gasteiger charge is 2.43. The zero-order chi connectivity index (χ0) is 19.3. The van der Waals surface area contributed by atoms with E-state index >= 15 is 0 Å². The molecule has 0 radical (unpaired) electrons. The lowest BCUT2D eigenvalue weighted by Gasteiger charge is -2.39. The maximum Gasteiger partial charge on any atom is 0.286 e. The second-order valence-electron chi connectivity index (χ2n) is 7.51. The Kier molecular flexibility index (Phi) is 4.17. The molecule has 0 N–H and O–H groups in total. The Morgan fingerprint density at radius 3 is 2.79 bits per heavy atom. The molecule has 1 saturated heterocycles. The molecule has 3 aliphatic rings. The van der Waals surface area contributed by atoms with Crippen molar-refractivity contribution in [3.05, 3.63) is 57.8 Å². The zero-order valence-electron chi connectivity index (χ0n) is 15.9. The topological polar surface area (TPSA) is 67.9 Å². The molecular weight excluding hydrogens is 374 g/mol. The highest BCUT2D eigenvalue weighted by atomic mass is 32.2. The summed E-state index contributed by atoms with van der Waals surface area (Å²) in [6.07, 6.45) is 1.80. The average Bonchev–Trinajstić information content (AvgIpc) is 3.41. The van der Waals surface area contributed by atoms with E-state index in [2.05, 4.69) is 39.3 Å². The monoisotopic (exact) mass is 395 g/mol. The molecule has 7 heteroatoms. The van der Waals surface area contributed by atoms with Crippen LogP contribution in [0.3, 0.4) is 0 Å². The molecular formula is C21H21N3O3S. The number of rotatable bonds is 1. The third-order valence-corrected chi connectivity index (χ3v) is 7.01. The summed E-state index contributed by atoms with van der Waals surface area (Å²) in [6, 6.07) is 10.3. The standard InChI is InChI=1S/C21H21N3O3S/c1-13-11-17(23-27-13)14(2)18-19(25)22-20(28-18)24-9-7-21(8-10-24)16-6-4-3-5-15(16)12-26-21/h3-6,11H,7-10,12H2,1-2H3/b18-14-. The Hall–Kier alpha value is -2.38. The van der Waals surface area contributed by atoms with Crippen LogP contribution in [0.2, 0.25) is 0 Å². The van der Waals surface area contributed by atoms with E-state index in [0.717, 1.165) is 42.4 Å². The molecule has 3 aliphatic heterocycles. The van der Waals surface area contributed by atoms with E-state index in [1.54, 1.807) is 0 Å². The second-order valence-corrected chi connectivity index (χ2v) is 8.48. The number of carbonyl (C=O) groups is 1. The van der Waals surface area contributed by atoms with E-state index in [1.807, 2.05) is 19.9 Å². The number of aryl methyl sites for hydroxylation is 1. The van der Waals surface area contributed by atoms with Gasteiger partial charge in [0.1, 0.15) is 11.5 Å². The number of ether oxygens (including phenoxy) is 1. The fourth-order valence-corrected chi connectivity index (χ4v) is 5.20. The lowest BCUT2D eigenvalue weighted by atomic mass is 9.84. The molecule has 0 bridgehead atoms. The number of hydrogen-bond donors (Lipinski definition) is 0. The van der Waals surface area contributed by atoms with Crippen molar-refractivity contribution in [3.8, 4) is 0 Å². The predicted octanol–water partition coefficient (Wildman–Crippen LogP) is 3.86. The number of amidine groups is 1. The first-order chi connectivity index (χ1) is 13.6. The van der Waals surface area contributed by atoms with Gasteiger partial charge in [-0.1, -0.05) is 29.4 Å². The van der Waals surface area contributed by atoms with Crippen LogP contribution in [0.4, 0.5) is 0 Å². The Balaban J connectivity index is 1.32. The van der Waals surface area contributed by atoms with Gasteiger partial charge in [0.05, 0.1) is 17.1 Å². The van der Waals surface area contributed by atoms with Gasteiger partial charge in [-0.05, 0) is 55.2 Å². The van der Waals surface area contributed by atoms with Crippen molar-refractivity contribution in [1.29, 1.82) is 0 Å². The molecule has 1 aromatic heterocycles. The summed E-state index contributed by atoms with van der Waals surface area (Å²) in [5.74, 6) is 0.533. The van der Waals surface area contributed by atoms with Crippen molar-refractivity contribution in [2.75, 3.05) is 13.1 Å². The molecule has 1 fully saturated rings. The Bertz CT molecular complexity index is 1020. The first-order valence-electron chi connectivity index (χ1n) is 9.48. The number of benzene rings is 1. The first-order valence-corrected chi connectivity index (χ1v) is 10.3. The zero-order valence-corrected chi connectivity index (χ0v) is 16.7. The van der Waals surface area contributed by atoms with Crippen LogP contribution in [0.5, 0.6) is 0 Å². The number of aliphatic imine (C=N–C) groups is 1. The van der Waals surface area contributed by atoms with Crippen molar-refractivity contribution < 1.29 is 14.1 Å². The fourth-order valence-electron chi connectivity index (χ4n) is 4.18. The quantitative estimate of drug-likeness (QED) is 0.683. The molecule has 6 nitrogen and oxygen atoms in total. The van der Waals surface area contributed by atoms with Crippen molar-refractivity contribution >= 4 is 28.4 Å². The third kappa shape index (κ3) is 2.81. The van der Waals surface area contributed by atoms with Crippen molar-refractivity contribution in [1.82, 2.24) is 10.1 Å². The van der Waals surface area contributed by atoms with Crippen LogP contribution in [0.15, 0.2) is 44.8 Å². The summed E-state index contributed by atoms with van der Waals surface area (Å²) in [6.45, 7) is 6.07. The second kappa shape index (κ2) is 6.60. The highest BCUT2D eigenvalue weighted by Crippen LogP contribution is 2.45. The minimum absolute atomic E-state index is 0.187. The molecule has 1 spiro atoms. The van der Waals surface area contributed by atoms with Crippen LogP contribution in [0.25, 0.3) is 5.57 Å². The van der Waals surface area contributed by atoms with Gasteiger partial charge in [-0.25, -0.2) is 0 Å². The van der Waals surface area contributed by atoms with E-state index < -0.39 is 0 Å². The molecule has 0 aliphatic carbocycles. The first kappa shape index (κ1) is 17.7. The van der Waals surface area contributed by atoms with Gasteiger partial charge in [0.15, 0.2) is 5.17 Å². The molecule has 4 heterocycles. The number of amides is 1. The molecule has 0 unspecified atom stereocenters. The smallest absolute Gasteiger partial charge is 0.286 e. The molecule has 5 rings (SSSR count). The molecule has 2 aromatic rings. The molecule has 1 amide bonds. The van der Waals surface area contributed by atoms with E-state index in [-0.39, 0.29) is 11.5 Å². The number of piperidine rings is 1. The normalized spacial score (nSPS) is 22.6. The molecule has 28 heavy (non-hydrogen) atoms. The van der Waals surface area contributed by atoms with Crippen LogP contribution >= 0.6 is 11.8 Å². The Morgan fingerprint density at radius 1 is 1.25 bits per heavy atom. The van der Waals surface area contributed by atoms with E-state index in [4.69, 9.17) is 9.26 Å². The van der Waals surface area contributed by atoms with Gasteiger partial charge < -0.3 is 14.2 Å². The van der Waals surface area contributed by atoms with Gasteiger partial charge in [-0.15, -0.1) is 0 Å². The van der Waals surface area contributed by atoms with Crippen LogP contribution < -0.4 is 0 Å². The lowest BCUT2D eigenvalue weighted by molar-refractivity contribution is -0.113. The maximum absolute atomic E-state index is 12.5. The highest BCUT2D eigenvalue weighted by molar-refractivity contribution is 8.18. The van der Waals surface area contributed by atoms with E-state index in [1.165, 1.54) is 22.9 Å². The summed E-state index contributed by atoms with van der Waals surface area (Å²) in [7, 11) is 0. The number of thioether (sulfide) groups is 1. The van der Waals surface area contributed by atoms with Gasteiger partial charge >= 0.3 is 0 Å². The molecule has 0 atom stereocenters. The van der Waals surface area contributed by atoms with E-state index in [9.17, 15) is 4.79 Å². The van der Waals surface area contributed by atoms with Gasteiger partial charge in [-0.2, -0.15) is 4.99 Å². The Labute approximate surface area is 167 Å². The van der Waals surface area contributed by atoms with E-state index in [0.29, 0.717) is 17.2 Å². The van der Waals surface area contributed by atoms with Crippen LogP contribution in [-0.2, 0) is 21.7 Å². The minimum Gasteiger partial charge on any atom is -0.365 e. The minimum atomic E-state index is -0.194. The maximum atomic E-state index is 12.5. The predicted molar refractivity (Wildman–Crippen MR) is 108 cm³/mol. The van der Waals surface area contributed by atoms with Gasteiger partial charge in [0, 0.05) is 19.2 Å².